The van der Waals surface area contributed by atoms with Crippen LogP contribution in [0.5, 0.6) is 11.5 Å². The number of pyridine rings is 1. The second-order valence-electron chi connectivity index (χ2n) is 9.23. The van der Waals surface area contributed by atoms with E-state index < -0.39 is 6.04 Å². The van der Waals surface area contributed by atoms with Gasteiger partial charge in [0, 0.05) is 42.8 Å². The Balaban J connectivity index is 1.44. The van der Waals surface area contributed by atoms with Gasteiger partial charge in [-0.3, -0.25) is 15.1 Å². The third kappa shape index (κ3) is 4.83. The second-order valence-corrected chi connectivity index (χ2v) is 9.23. The number of benzene rings is 3. The van der Waals surface area contributed by atoms with Crippen LogP contribution in [0.25, 0.3) is 10.8 Å². The molecule has 186 valence electrons. The van der Waals surface area contributed by atoms with Crippen LogP contribution < -0.4 is 15.4 Å². The van der Waals surface area contributed by atoms with E-state index in [4.69, 9.17) is 4.74 Å². The molecule has 1 aliphatic heterocycles. The molecule has 3 aromatic carbocycles. The highest BCUT2D eigenvalue weighted by Gasteiger charge is 2.21. The minimum absolute atomic E-state index is 0.150. The number of carbonyl (C=O) groups excluding carboxylic acids is 1. The van der Waals surface area contributed by atoms with E-state index in [1.54, 1.807) is 31.0 Å². The molecule has 0 unspecified atom stereocenters. The van der Waals surface area contributed by atoms with E-state index in [-0.39, 0.29) is 5.91 Å². The largest absolute Gasteiger partial charge is 0.456 e. The zero-order chi connectivity index (χ0) is 25.9. The number of hydrogen-bond acceptors (Lipinski definition) is 6. The number of fused-ring (bicyclic) bond motifs is 4. The number of aromatic nitrogens is 3. The quantitative estimate of drug-likeness (QED) is 0.361. The van der Waals surface area contributed by atoms with Crippen LogP contribution in [0.15, 0.2) is 91.6 Å². The van der Waals surface area contributed by atoms with Crippen molar-refractivity contribution in [3.05, 3.63) is 114 Å². The maximum absolute atomic E-state index is 13.6. The Morgan fingerprint density at radius 1 is 1.05 bits per heavy atom. The predicted octanol–water partition coefficient (Wildman–Crippen LogP) is 4.80. The Kier molecular flexibility index (Phi) is 6.26. The van der Waals surface area contributed by atoms with Gasteiger partial charge in [-0.15, -0.1) is 0 Å². The summed E-state index contributed by atoms with van der Waals surface area (Å²) in [7, 11) is 0. The van der Waals surface area contributed by atoms with E-state index in [9.17, 15) is 10.1 Å². The maximum Gasteiger partial charge on any atom is 0.241 e. The van der Waals surface area contributed by atoms with Crippen molar-refractivity contribution in [1.29, 1.82) is 5.26 Å². The van der Waals surface area contributed by atoms with E-state index in [2.05, 4.69) is 26.7 Å². The van der Waals surface area contributed by atoms with Gasteiger partial charge in [0.1, 0.15) is 17.6 Å². The smallest absolute Gasteiger partial charge is 0.241 e. The highest BCUT2D eigenvalue weighted by Crippen LogP contribution is 2.32. The molecule has 2 aromatic heterocycles. The topological polar surface area (TPSA) is 105 Å². The lowest BCUT2D eigenvalue weighted by Gasteiger charge is -2.20. The number of nitrogens with zero attached hydrogens (tertiary/aromatic N) is 4. The summed E-state index contributed by atoms with van der Waals surface area (Å²) in [4.78, 5) is 22.2. The molecule has 3 heterocycles. The molecule has 0 saturated heterocycles. The first-order valence-electron chi connectivity index (χ1n) is 12.3. The Labute approximate surface area is 219 Å². The molecule has 0 aliphatic carbocycles. The molecule has 2 N–H and O–H groups in total. The molecule has 8 heteroatoms. The summed E-state index contributed by atoms with van der Waals surface area (Å²) in [5.74, 6) is 0.908. The van der Waals surface area contributed by atoms with E-state index in [1.807, 2.05) is 65.2 Å². The summed E-state index contributed by atoms with van der Waals surface area (Å²) in [6.45, 7) is 0.984. The van der Waals surface area contributed by atoms with Crippen LogP contribution in [0, 0.1) is 11.3 Å². The van der Waals surface area contributed by atoms with Crippen LogP contribution in [0.3, 0.4) is 0 Å². The van der Waals surface area contributed by atoms with Gasteiger partial charge in [0.25, 0.3) is 0 Å². The molecular formula is C30H24N6O2. The van der Waals surface area contributed by atoms with E-state index in [0.717, 1.165) is 27.6 Å². The molecule has 4 bridgehead atoms. The van der Waals surface area contributed by atoms with Crippen LogP contribution in [-0.2, 0) is 24.3 Å². The standard InChI is InChI=1S/C30H24N6O2/c31-14-23-7-6-21-12-29(23)38-25-9-8-22-4-1-5-27(26(22)13-25)35-30(37)28(11-20-3-2-10-32-15-20)34-17-24-16-33-19-36(24)18-21/h1-10,12-13,15-16,19,28,34H,11,17-18H2,(H,35,37)/t28-/m0/s1. The Morgan fingerprint density at radius 2 is 2.00 bits per heavy atom. The molecule has 1 amide bonds. The maximum atomic E-state index is 13.6. The van der Waals surface area contributed by atoms with E-state index in [0.29, 0.717) is 42.3 Å². The van der Waals surface area contributed by atoms with Crippen LogP contribution in [-0.4, -0.2) is 26.5 Å². The first-order valence-corrected chi connectivity index (χ1v) is 12.3. The number of hydrogen-bond donors (Lipinski definition) is 2. The highest BCUT2D eigenvalue weighted by atomic mass is 16.5. The molecule has 1 atom stereocenters. The zero-order valence-electron chi connectivity index (χ0n) is 20.5. The van der Waals surface area contributed by atoms with Crippen LogP contribution >= 0.6 is 0 Å². The van der Waals surface area contributed by atoms with Crippen molar-refractivity contribution < 1.29 is 9.53 Å². The second kappa shape index (κ2) is 10.2. The number of nitrogens with one attached hydrogen (secondary N) is 2. The lowest BCUT2D eigenvalue weighted by Crippen LogP contribution is -2.42. The van der Waals surface area contributed by atoms with Crippen LogP contribution in [0.4, 0.5) is 5.69 Å². The number of rotatable bonds is 2. The molecule has 38 heavy (non-hydrogen) atoms. The monoisotopic (exact) mass is 500 g/mol. The van der Waals surface area contributed by atoms with Crippen molar-refractivity contribution in [2.75, 3.05) is 5.32 Å². The van der Waals surface area contributed by atoms with Gasteiger partial charge in [0.2, 0.25) is 5.91 Å². The molecule has 0 saturated carbocycles. The van der Waals surface area contributed by atoms with Crippen molar-refractivity contribution in [3.8, 4) is 17.6 Å². The third-order valence-electron chi connectivity index (χ3n) is 6.67. The van der Waals surface area contributed by atoms with Crippen molar-refractivity contribution in [2.45, 2.75) is 25.6 Å². The Hall–Kier alpha value is -5.00. The average molecular weight is 501 g/mol. The summed E-state index contributed by atoms with van der Waals surface area (Å²) in [5, 5.41) is 18.0. The predicted molar refractivity (Wildman–Crippen MR) is 144 cm³/mol. The fourth-order valence-electron chi connectivity index (χ4n) is 4.69. The number of carbonyl (C=O) groups is 1. The van der Waals surface area contributed by atoms with Gasteiger partial charge in [-0.05, 0) is 59.3 Å². The summed E-state index contributed by atoms with van der Waals surface area (Å²) in [6, 6.07) is 22.6. The van der Waals surface area contributed by atoms with Crippen LogP contribution in [0.2, 0.25) is 0 Å². The summed E-state index contributed by atoms with van der Waals surface area (Å²) in [6.07, 6.45) is 7.54. The van der Waals surface area contributed by atoms with Crippen molar-refractivity contribution in [1.82, 2.24) is 19.9 Å². The SMILES string of the molecule is N#Cc1ccc2cc1Oc1ccc3cccc(c3c1)NC(=O)[C@H](Cc1cccnc1)NCc1cncn1C2. The van der Waals surface area contributed by atoms with Crippen LogP contribution in [0.1, 0.15) is 22.4 Å². The number of amides is 1. The molecule has 0 spiro atoms. The molecule has 8 nitrogen and oxygen atoms in total. The normalized spacial score (nSPS) is 15.3. The highest BCUT2D eigenvalue weighted by molar-refractivity contribution is 6.04. The number of ether oxygens (including phenoxy) is 1. The van der Waals surface area contributed by atoms with E-state index in [1.165, 1.54) is 0 Å². The van der Waals surface area contributed by atoms with Gasteiger partial charge in [-0.25, -0.2) is 4.98 Å². The van der Waals surface area contributed by atoms with Gasteiger partial charge >= 0.3 is 0 Å². The minimum Gasteiger partial charge on any atom is -0.456 e. The summed E-state index contributed by atoms with van der Waals surface area (Å²) in [5.41, 5.74) is 3.99. The number of imidazole rings is 1. The Morgan fingerprint density at radius 3 is 2.87 bits per heavy atom. The minimum atomic E-state index is -0.508. The average Bonchev–Trinajstić information content (AvgIpc) is 3.38. The molecule has 0 radical (unpaired) electrons. The summed E-state index contributed by atoms with van der Waals surface area (Å²) < 4.78 is 8.24. The molecular weight excluding hydrogens is 476 g/mol. The molecule has 5 aromatic rings. The van der Waals surface area contributed by atoms with Gasteiger partial charge in [-0.2, -0.15) is 5.26 Å². The fraction of sp³-hybridized carbons (Fsp3) is 0.133. The summed E-state index contributed by atoms with van der Waals surface area (Å²) >= 11 is 0. The fourth-order valence-corrected chi connectivity index (χ4v) is 4.69. The van der Waals surface area contributed by atoms with Crippen molar-refractivity contribution in [3.63, 3.8) is 0 Å². The van der Waals surface area contributed by atoms with Crippen molar-refractivity contribution in [2.24, 2.45) is 0 Å². The zero-order valence-corrected chi connectivity index (χ0v) is 20.5. The lowest BCUT2D eigenvalue weighted by molar-refractivity contribution is -0.118. The van der Waals surface area contributed by atoms with Gasteiger partial charge in [-0.1, -0.05) is 30.3 Å². The number of nitriles is 1. The third-order valence-corrected chi connectivity index (χ3v) is 6.67. The van der Waals surface area contributed by atoms with Gasteiger partial charge in [0.05, 0.1) is 23.6 Å². The lowest BCUT2D eigenvalue weighted by atomic mass is 10.0. The van der Waals surface area contributed by atoms with Gasteiger partial charge < -0.3 is 14.6 Å². The van der Waals surface area contributed by atoms with Gasteiger partial charge in [0.15, 0.2) is 0 Å². The number of anilines is 1. The van der Waals surface area contributed by atoms with E-state index >= 15 is 0 Å². The first kappa shape index (κ1) is 23.4. The molecule has 1 aliphatic rings. The Bertz CT molecular complexity index is 1670. The molecule has 0 fully saturated rings. The molecule has 6 rings (SSSR count). The first-order chi connectivity index (χ1) is 18.7. The van der Waals surface area contributed by atoms with Crippen molar-refractivity contribution >= 4 is 22.4 Å².